The van der Waals surface area contributed by atoms with Crippen molar-refractivity contribution in [2.24, 2.45) is 0 Å². The fraction of sp³-hybridized carbons (Fsp3) is 0.208. The lowest BCUT2D eigenvalue weighted by molar-refractivity contribution is -0.116. The first kappa shape index (κ1) is 20.6. The summed E-state index contributed by atoms with van der Waals surface area (Å²) >= 11 is 1.33. The van der Waals surface area contributed by atoms with E-state index in [0.29, 0.717) is 17.1 Å². The first-order valence-corrected chi connectivity index (χ1v) is 10.4. The van der Waals surface area contributed by atoms with E-state index in [2.05, 4.69) is 11.1 Å². The van der Waals surface area contributed by atoms with Gasteiger partial charge in [0, 0.05) is 11.4 Å². The lowest BCUT2D eigenvalue weighted by Gasteiger charge is -2.23. The third kappa shape index (κ3) is 4.85. The Hall–Kier alpha value is -3.10. The first-order chi connectivity index (χ1) is 14.0. The third-order valence-corrected chi connectivity index (χ3v) is 5.92. The van der Waals surface area contributed by atoms with E-state index in [0.717, 1.165) is 28.1 Å². The fourth-order valence-electron chi connectivity index (χ4n) is 3.05. The molecule has 1 aromatic heterocycles. The summed E-state index contributed by atoms with van der Waals surface area (Å²) in [7, 11) is 0. The minimum absolute atomic E-state index is 0.0216. The van der Waals surface area contributed by atoms with Crippen molar-refractivity contribution in [2.75, 3.05) is 10.7 Å². The highest BCUT2D eigenvalue weighted by atomic mass is 32.2. The quantitative estimate of drug-likeness (QED) is 0.533. The highest BCUT2D eigenvalue weighted by Crippen LogP contribution is 2.27. The molecule has 0 bridgehead atoms. The number of thioether (sulfide) groups is 1. The molecule has 2 aromatic carbocycles. The van der Waals surface area contributed by atoms with Gasteiger partial charge in [-0.25, -0.2) is 4.98 Å². The Balaban J connectivity index is 1.84. The SMILES string of the molecule is Cc1nc(SCC(=O)N(Cc2ccccc2)c2ccccc2)c(C#N)c(C)c1C. The van der Waals surface area contributed by atoms with Crippen molar-refractivity contribution in [3.05, 3.63) is 88.6 Å². The smallest absolute Gasteiger partial charge is 0.237 e. The zero-order valence-electron chi connectivity index (χ0n) is 16.8. The minimum Gasteiger partial charge on any atom is -0.307 e. The Morgan fingerprint density at radius 3 is 2.24 bits per heavy atom. The van der Waals surface area contributed by atoms with Gasteiger partial charge >= 0.3 is 0 Å². The van der Waals surface area contributed by atoms with Crippen LogP contribution < -0.4 is 4.90 Å². The molecule has 5 heteroatoms. The number of nitrogens with zero attached hydrogens (tertiary/aromatic N) is 3. The Morgan fingerprint density at radius 2 is 1.62 bits per heavy atom. The second-order valence-electron chi connectivity index (χ2n) is 6.83. The van der Waals surface area contributed by atoms with Crippen LogP contribution >= 0.6 is 11.8 Å². The second kappa shape index (κ2) is 9.40. The Labute approximate surface area is 176 Å². The van der Waals surface area contributed by atoms with E-state index in [-0.39, 0.29) is 11.7 Å². The van der Waals surface area contributed by atoms with Crippen LogP contribution in [0.15, 0.2) is 65.7 Å². The normalized spacial score (nSPS) is 10.4. The Bertz CT molecular complexity index is 1040. The van der Waals surface area contributed by atoms with E-state index >= 15 is 0 Å². The summed E-state index contributed by atoms with van der Waals surface area (Å²) in [6, 6.07) is 21.8. The highest BCUT2D eigenvalue weighted by Gasteiger charge is 2.19. The van der Waals surface area contributed by atoms with E-state index in [1.165, 1.54) is 11.8 Å². The summed E-state index contributed by atoms with van der Waals surface area (Å²) in [5.41, 5.74) is 5.31. The molecule has 0 unspecified atom stereocenters. The molecule has 1 heterocycles. The molecular weight excluding hydrogens is 378 g/mol. The van der Waals surface area contributed by atoms with Crippen LogP contribution in [-0.2, 0) is 11.3 Å². The van der Waals surface area contributed by atoms with Gasteiger partial charge in [0.25, 0.3) is 0 Å². The van der Waals surface area contributed by atoms with Gasteiger partial charge in [0.2, 0.25) is 5.91 Å². The second-order valence-corrected chi connectivity index (χ2v) is 7.79. The standard InChI is InChI=1S/C24H23N3OS/c1-17-18(2)22(14-25)24(26-19(17)3)29-16-23(28)27(21-12-8-5-9-13-21)15-20-10-6-4-7-11-20/h4-13H,15-16H2,1-3H3. The summed E-state index contributed by atoms with van der Waals surface area (Å²) in [5, 5.41) is 10.2. The lowest BCUT2D eigenvalue weighted by Crippen LogP contribution is -2.32. The van der Waals surface area contributed by atoms with Gasteiger partial charge in [-0.05, 0) is 49.6 Å². The number of aromatic nitrogens is 1. The maximum atomic E-state index is 13.2. The minimum atomic E-state index is -0.0216. The summed E-state index contributed by atoms with van der Waals surface area (Å²) in [6.45, 7) is 6.32. The first-order valence-electron chi connectivity index (χ1n) is 9.41. The lowest BCUT2D eigenvalue weighted by atomic mass is 10.1. The Kier molecular flexibility index (Phi) is 6.69. The van der Waals surface area contributed by atoms with E-state index < -0.39 is 0 Å². The maximum absolute atomic E-state index is 13.2. The number of anilines is 1. The van der Waals surface area contributed by atoms with Gasteiger partial charge in [-0.3, -0.25) is 4.79 Å². The van der Waals surface area contributed by atoms with Crippen LogP contribution in [0.4, 0.5) is 5.69 Å². The molecule has 0 N–H and O–H groups in total. The number of hydrogen-bond acceptors (Lipinski definition) is 4. The predicted molar refractivity (Wildman–Crippen MR) is 118 cm³/mol. The number of rotatable bonds is 6. The van der Waals surface area contributed by atoms with E-state index in [4.69, 9.17) is 0 Å². The average molecular weight is 402 g/mol. The van der Waals surface area contributed by atoms with Crippen molar-refractivity contribution < 1.29 is 4.79 Å². The van der Waals surface area contributed by atoms with Crippen molar-refractivity contribution in [3.63, 3.8) is 0 Å². The zero-order valence-corrected chi connectivity index (χ0v) is 17.7. The largest absolute Gasteiger partial charge is 0.307 e. The molecule has 4 nitrogen and oxygen atoms in total. The monoisotopic (exact) mass is 401 g/mol. The number of pyridine rings is 1. The predicted octanol–water partition coefficient (Wildman–Crippen LogP) is 5.20. The zero-order chi connectivity index (χ0) is 20.8. The van der Waals surface area contributed by atoms with Gasteiger partial charge < -0.3 is 4.90 Å². The van der Waals surface area contributed by atoms with Crippen LogP contribution in [0.3, 0.4) is 0 Å². The van der Waals surface area contributed by atoms with Gasteiger partial charge in [-0.15, -0.1) is 0 Å². The van der Waals surface area contributed by atoms with Gasteiger partial charge in [0.1, 0.15) is 11.1 Å². The van der Waals surface area contributed by atoms with Gasteiger partial charge in [0.15, 0.2) is 0 Å². The van der Waals surface area contributed by atoms with Gasteiger partial charge in [-0.2, -0.15) is 5.26 Å². The fourth-order valence-corrected chi connectivity index (χ4v) is 4.01. The van der Waals surface area contributed by atoms with E-state index in [9.17, 15) is 10.1 Å². The van der Waals surface area contributed by atoms with Crippen molar-refractivity contribution in [1.29, 1.82) is 5.26 Å². The van der Waals surface area contributed by atoms with Crippen molar-refractivity contribution >= 4 is 23.4 Å². The molecule has 3 aromatic rings. The van der Waals surface area contributed by atoms with Crippen LogP contribution in [0.5, 0.6) is 0 Å². The average Bonchev–Trinajstić information content (AvgIpc) is 2.75. The van der Waals surface area contributed by atoms with E-state index in [1.54, 1.807) is 4.90 Å². The third-order valence-electron chi connectivity index (χ3n) is 4.96. The molecule has 0 saturated carbocycles. The molecular formula is C24H23N3OS. The molecule has 1 amide bonds. The summed E-state index contributed by atoms with van der Waals surface area (Å²) < 4.78 is 0. The number of amides is 1. The van der Waals surface area contributed by atoms with Crippen LogP contribution in [0.1, 0.15) is 27.9 Å². The number of hydrogen-bond donors (Lipinski definition) is 0. The number of carbonyl (C=O) groups excluding carboxylic acids is 1. The summed E-state index contributed by atoms with van der Waals surface area (Å²) in [6.07, 6.45) is 0. The van der Waals surface area contributed by atoms with Gasteiger partial charge in [0.05, 0.1) is 17.9 Å². The molecule has 0 saturated heterocycles. The molecule has 0 fully saturated rings. The molecule has 0 atom stereocenters. The number of para-hydroxylation sites is 1. The van der Waals surface area contributed by atoms with Crippen LogP contribution in [-0.4, -0.2) is 16.6 Å². The number of nitriles is 1. The van der Waals surface area contributed by atoms with Crippen LogP contribution in [0, 0.1) is 32.1 Å². The molecule has 29 heavy (non-hydrogen) atoms. The molecule has 146 valence electrons. The molecule has 0 radical (unpaired) electrons. The summed E-state index contributed by atoms with van der Waals surface area (Å²) in [4.78, 5) is 19.5. The number of aryl methyl sites for hydroxylation is 1. The Morgan fingerprint density at radius 1 is 1.00 bits per heavy atom. The number of benzene rings is 2. The van der Waals surface area contributed by atoms with E-state index in [1.807, 2.05) is 81.4 Å². The van der Waals surface area contributed by atoms with Crippen molar-refractivity contribution in [2.45, 2.75) is 32.3 Å². The molecule has 0 aliphatic rings. The number of carbonyl (C=O) groups is 1. The highest BCUT2D eigenvalue weighted by molar-refractivity contribution is 8.00. The van der Waals surface area contributed by atoms with Crippen LogP contribution in [0.25, 0.3) is 0 Å². The maximum Gasteiger partial charge on any atom is 0.237 e. The molecule has 0 aliphatic carbocycles. The summed E-state index contributed by atoms with van der Waals surface area (Å²) in [5.74, 6) is 0.192. The van der Waals surface area contributed by atoms with Gasteiger partial charge in [-0.1, -0.05) is 60.3 Å². The van der Waals surface area contributed by atoms with Crippen molar-refractivity contribution in [3.8, 4) is 6.07 Å². The molecule has 0 spiro atoms. The van der Waals surface area contributed by atoms with Crippen LogP contribution in [0.2, 0.25) is 0 Å². The topological polar surface area (TPSA) is 57.0 Å². The van der Waals surface area contributed by atoms with Crippen molar-refractivity contribution in [1.82, 2.24) is 4.98 Å². The molecule has 3 rings (SSSR count). The molecule has 0 aliphatic heterocycles.